The Bertz CT molecular complexity index is 955. The van der Waals surface area contributed by atoms with Crippen LogP contribution in [-0.4, -0.2) is 43.5 Å². The quantitative estimate of drug-likeness (QED) is 0.689. The second kappa shape index (κ2) is 9.28. The molecule has 2 aliphatic heterocycles. The molecular formula is C22H24ClN3O4. The number of carbonyl (C=O) groups excluding carboxylic acids is 3. The second-order valence-corrected chi connectivity index (χ2v) is 7.14. The van der Waals surface area contributed by atoms with Gasteiger partial charge in [-0.15, -0.1) is 12.4 Å². The number of fused-ring (bicyclic) bond motifs is 1. The molecule has 0 aromatic heterocycles. The van der Waals surface area contributed by atoms with Gasteiger partial charge >= 0.3 is 0 Å². The van der Waals surface area contributed by atoms with Gasteiger partial charge in [-0.2, -0.15) is 0 Å². The van der Waals surface area contributed by atoms with Gasteiger partial charge < -0.3 is 15.4 Å². The Morgan fingerprint density at radius 2 is 1.87 bits per heavy atom. The van der Waals surface area contributed by atoms with E-state index in [0.717, 1.165) is 24.3 Å². The topological polar surface area (TPSA) is 87.7 Å². The molecule has 4 rings (SSSR count). The smallest absolute Gasteiger partial charge is 0.266 e. The molecule has 0 saturated carbocycles. The van der Waals surface area contributed by atoms with Crippen LogP contribution in [0.15, 0.2) is 42.5 Å². The van der Waals surface area contributed by atoms with E-state index in [4.69, 9.17) is 4.74 Å². The summed E-state index contributed by atoms with van der Waals surface area (Å²) in [6.07, 6.45) is 2.14. The zero-order valence-corrected chi connectivity index (χ0v) is 17.5. The van der Waals surface area contributed by atoms with E-state index in [1.165, 1.54) is 6.07 Å². The third-order valence-corrected chi connectivity index (χ3v) is 5.23. The Balaban J connectivity index is 0.00000256. The number of carbonyl (C=O) groups is 3. The van der Waals surface area contributed by atoms with E-state index in [1.54, 1.807) is 36.4 Å². The van der Waals surface area contributed by atoms with Gasteiger partial charge in [0, 0.05) is 18.2 Å². The summed E-state index contributed by atoms with van der Waals surface area (Å²) >= 11 is 0. The molecule has 7 nitrogen and oxygen atoms in total. The third-order valence-electron chi connectivity index (χ3n) is 5.23. The molecule has 1 atom stereocenters. The zero-order chi connectivity index (χ0) is 20.4. The molecule has 2 aliphatic rings. The number of benzene rings is 2. The standard InChI is InChI=1S/C22H23N3O4.ClH/c1-2-29-17-8-6-16(7-9-17)25-21(27)18-10-5-14(12-19(18)22(25)28)20(26)24-13-15-4-3-11-23-15;/h5-10,12,15,23H,2-4,11,13H2,1H3,(H,24,26);1H. The number of anilines is 1. The number of hydrogen-bond acceptors (Lipinski definition) is 5. The number of imide groups is 1. The van der Waals surface area contributed by atoms with Gasteiger partial charge in [0.15, 0.2) is 0 Å². The Morgan fingerprint density at radius 3 is 2.53 bits per heavy atom. The maximum Gasteiger partial charge on any atom is 0.266 e. The number of nitrogens with zero attached hydrogens (tertiary/aromatic N) is 1. The molecule has 0 aliphatic carbocycles. The zero-order valence-electron chi connectivity index (χ0n) is 16.6. The summed E-state index contributed by atoms with van der Waals surface area (Å²) in [5.41, 5.74) is 1.39. The lowest BCUT2D eigenvalue weighted by molar-refractivity contribution is 0.0923. The summed E-state index contributed by atoms with van der Waals surface area (Å²) in [5.74, 6) is -0.401. The maximum atomic E-state index is 12.9. The van der Waals surface area contributed by atoms with Gasteiger partial charge in [0.25, 0.3) is 17.7 Å². The molecule has 0 spiro atoms. The molecule has 158 valence electrons. The van der Waals surface area contributed by atoms with E-state index in [0.29, 0.717) is 35.7 Å². The van der Waals surface area contributed by atoms with Gasteiger partial charge in [-0.25, -0.2) is 4.90 Å². The lowest BCUT2D eigenvalue weighted by Gasteiger charge is -2.14. The van der Waals surface area contributed by atoms with Crippen molar-refractivity contribution in [2.75, 3.05) is 24.6 Å². The second-order valence-electron chi connectivity index (χ2n) is 7.14. The van der Waals surface area contributed by atoms with E-state index in [1.807, 2.05) is 6.92 Å². The van der Waals surface area contributed by atoms with Crippen molar-refractivity contribution in [2.45, 2.75) is 25.8 Å². The van der Waals surface area contributed by atoms with Crippen LogP contribution in [0.5, 0.6) is 5.75 Å². The lowest BCUT2D eigenvalue weighted by atomic mass is 10.1. The summed E-state index contributed by atoms with van der Waals surface area (Å²) in [7, 11) is 0. The van der Waals surface area contributed by atoms with Crippen molar-refractivity contribution in [3.05, 3.63) is 59.2 Å². The van der Waals surface area contributed by atoms with E-state index in [9.17, 15) is 14.4 Å². The van der Waals surface area contributed by atoms with Crippen LogP contribution in [0.3, 0.4) is 0 Å². The molecule has 30 heavy (non-hydrogen) atoms. The van der Waals surface area contributed by atoms with E-state index < -0.39 is 11.8 Å². The van der Waals surface area contributed by atoms with Gasteiger partial charge in [-0.1, -0.05) is 0 Å². The van der Waals surface area contributed by atoms with Crippen molar-refractivity contribution >= 4 is 35.8 Å². The Morgan fingerprint density at radius 1 is 1.13 bits per heavy atom. The largest absolute Gasteiger partial charge is 0.494 e. The highest BCUT2D eigenvalue weighted by Gasteiger charge is 2.37. The van der Waals surface area contributed by atoms with Crippen LogP contribution in [0.4, 0.5) is 5.69 Å². The molecular weight excluding hydrogens is 406 g/mol. The molecule has 0 bridgehead atoms. The van der Waals surface area contributed by atoms with Crippen LogP contribution >= 0.6 is 12.4 Å². The first-order valence-corrected chi connectivity index (χ1v) is 9.85. The van der Waals surface area contributed by atoms with Crippen molar-refractivity contribution in [3.8, 4) is 5.75 Å². The van der Waals surface area contributed by atoms with Crippen molar-refractivity contribution < 1.29 is 19.1 Å². The van der Waals surface area contributed by atoms with Crippen LogP contribution in [-0.2, 0) is 0 Å². The van der Waals surface area contributed by atoms with Crippen LogP contribution in [0.2, 0.25) is 0 Å². The minimum absolute atomic E-state index is 0. The summed E-state index contributed by atoms with van der Waals surface area (Å²) in [5, 5.41) is 6.22. The summed E-state index contributed by atoms with van der Waals surface area (Å²) in [6, 6.07) is 11.7. The molecule has 2 heterocycles. The van der Waals surface area contributed by atoms with Crippen molar-refractivity contribution in [1.29, 1.82) is 0 Å². The fourth-order valence-corrected chi connectivity index (χ4v) is 3.72. The van der Waals surface area contributed by atoms with Gasteiger partial charge in [0.05, 0.1) is 23.4 Å². The summed E-state index contributed by atoms with van der Waals surface area (Å²) in [4.78, 5) is 39.3. The van der Waals surface area contributed by atoms with E-state index in [-0.39, 0.29) is 29.9 Å². The van der Waals surface area contributed by atoms with Gasteiger partial charge in [0.1, 0.15) is 5.75 Å². The number of ether oxygens (including phenoxy) is 1. The number of hydrogen-bond donors (Lipinski definition) is 2. The lowest BCUT2D eigenvalue weighted by Crippen LogP contribution is -2.37. The normalized spacial score (nSPS) is 17.5. The highest BCUT2D eigenvalue weighted by Crippen LogP contribution is 2.30. The minimum atomic E-state index is -0.429. The molecule has 3 amide bonds. The molecule has 8 heteroatoms. The summed E-state index contributed by atoms with van der Waals surface area (Å²) < 4.78 is 5.40. The fourth-order valence-electron chi connectivity index (χ4n) is 3.72. The predicted octanol–water partition coefficient (Wildman–Crippen LogP) is 2.79. The maximum absolute atomic E-state index is 12.9. The minimum Gasteiger partial charge on any atom is -0.494 e. The fraction of sp³-hybridized carbons (Fsp3) is 0.318. The SMILES string of the molecule is CCOc1ccc(N2C(=O)c3ccc(C(=O)NCC4CCCN4)cc3C2=O)cc1.Cl. The number of halogens is 1. The van der Waals surface area contributed by atoms with Crippen molar-refractivity contribution in [3.63, 3.8) is 0 Å². The van der Waals surface area contributed by atoms with Gasteiger partial charge in [-0.3, -0.25) is 14.4 Å². The number of rotatable bonds is 6. The first-order valence-electron chi connectivity index (χ1n) is 9.85. The highest BCUT2D eigenvalue weighted by atomic mass is 35.5. The van der Waals surface area contributed by atoms with Crippen molar-refractivity contribution in [1.82, 2.24) is 10.6 Å². The molecule has 2 N–H and O–H groups in total. The average Bonchev–Trinajstić information content (AvgIpc) is 3.34. The van der Waals surface area contributed by atoms with Crippen LogP contribution in [0.1, 0.15) is 50.8 Å². The molecule has 1 unspecified atom stereocenters. The monoisotopic (exact) mass is 429 g/mol. The molecule has 2 aromatic rings. The third kappa shape index (κ3) is 4.17. The molecule has 1 fully saturated rings. The van der Waals surface area contributed by atoms with Gasteiger partial charge in [-0.05, 0) is 68.8 Å². The molecule has 1 saturated heterocycles. The summed E-state index contributed by atoms with van der Waals surface area (Å²) in [6.45, 7) is 3.93. The van der Waals surface area contributed by atoms with Crippen LogP contribution in [0, 0.1) is 0 Å². The molecule has 0 radical (unpaired) electrons. The Kier molecular flexibility index (Phi) is 6.74. The predicted molar refractivity (Wildman–Crippen MR) is 116 cm³/mol. The molecule has 2 aromatic carbocycles. The van der Waals surface area contributed by atoms with Gasteiger partial charge in [0.2, 0.25) is 0 Å². The van der Waals surface area contributed by atoms with E-state index in [2.05, 4.69) is 10.6 Å². The Hall–Kier alpha value is -2.90. The van der Waals surface area contributed by atoms with E-state index >= 15 is 0 Å². The number of amides is 3. The Labute approximate surface area is 181 Å². The van der Waals surface area contributed by atoms with Crippen molar-refractivity contribution in [2.24, 2.45) is 0 Å². The first-order chi connectivity index (χ1) is 14.1. The van der Waals surface area contributed by atoms with Crippen LogP contribution in [0.25, 0.3) is 0 Å². The first kappa shape index (κ1) is 21.8. The highest BCUT2D eigenvalue weighted by molar-refractivity contribution is 6.34. The van der Waals surface area contributed by atoms with Crippen LogP contribution < -0.4 is 20.3 Å². The average molecular weight is 430 g/mol. The number of nitrogens with one attached hydrogen (secondary N) is 2.